The quantitative estimate of drug-likeness (QED) is 0.852. The average Bonchev–Trinajstić information content (AvgIpc) is 2.67. The predicted octanol–water partition coefficient (Wildman–Crippen LogP) is 1.95. The highest BCUT2D eigenvalue weighted by Gasteiger charge is 2.41. The number of fused-ring (bicyclic) bond motifs is 4. The van der Waals surface area contributed by atoms with Gasteiger partial charge in [-0.2, -0.15) is 5.10 Å². The van der Waals surface area contributed by atoms with E-state index < -0.39 is 0 Å². The van der Waals surface area contributed by atoms with Crippen molar-refractivity contribution in [1.29, 1.82) is 0 Å². The Bertz CT molecular complexity index is 592. The van der Waals surface area contributed by atoms with Crippen molar-refractivity contribution in [2.24, 2.45) is 18.9 Å². The van der Waals surface area contributed by atoms with E-state index in [1.165, 1.54) is 36.9 Å². The summed E-state index contributed by atoms with van der Waals surface area (Å²) in [5.41, 5.74) is 2.53. The lowest BCUT2D eigenvalue weighted by molar-refractivity contribution is -0.141. The molecule has 0 unspecified atom stereocenters. The van der Waals surface area contributed by atoms with Crippen LogP contribution < -0.4 is 0 Å². The van der Waals surface area contributed by atoms with E-state index in [2.05, 4.69) is 21.8 Å². The number of amides is 1. The Balaban J connectivity index is 1.48. The molecule has 5 nitrogen and oxygen atoms in total. The first-order chi connectivity index (χ1) is 11.1. The second-order valence-electron chi connectivity index (χ2n) is 7.79. The maximum Gasteiger partial charge on any atom is 0.227 e. The first-order valence-electron chi connectivity index (χ1n) is 9.12. The van der Waals surface area contributed by atoms with Crippen LogP contribution in [0.2, 0.25) is 0 Å². The topological polar surface area (TPSA) is 41.4 Å². The number of piperidine rings is 1. The van der Waals surface area contributed by atoms with Crippen molar-refractivity contribution >= 4 is 5.91 Å². The van der Waals surface area contributed by atoms with Crippen LogP contribution in [0, 0.1) is 18.8 Å². The molecule has 1 saturated carbocycles. The summed E-state index contributed by atoms with van der Waals surface area (Å²) in [6.07, 6.45) is 8.24. The van der Waals surface area contributed by atoms with Crippen molar-refractivity contribution in [3.8, 4) is 0 Å². The zero-order valence-electron chi connectivity index (χ0n) is 14.4. The van der Waals surface area contributed by atoms with Gasteiger partial charge in [0, 0.05) is 50.5 Å². The maximum atomic E-state index is 12.8. The van der Waals surface area contributed by atoms with Gasteiger partial charge in [-0.25, -0.2) is 0 Å². The number of hydrogen-bond acceptors (Lipinski definition) is 3. The molecular weight excluding hydrogens is 288 g/mol. The van der Waals surface area contributed by atoms with Crippen LogP contribution in [0.15, 0.2) is 6.20 Å². The van der Waals surface area contributed by atoms with Crippen LogP contribution >= 0.6 is 0 Å². The summed E-state index contributed by atoms with van der Waals surface area (Å²) < 4.78 is 1.94. The number of rotatable bonds is 4. The standard InChI is InChI=1S/C18H28N4O/c1-13-16(8-19-20(13)2)11-21-10-15-6-7-17(12-21)22(18(15)23)9-14-4-3-5-14/h8,14-15,17H,3-7,9-12H2,1-2H3/t15-,17+/m0/s1. The van der Waals surface area contributed by atoms with Crippen LogP contribution in [0.1, 0.15) is 43.4 Å². The summed E-state index contributed by atoms with van der Waals surface area (Å²) in [4.78, 5) is 17.6. The van der Waals surface area contributed by atoms with Gasteiger partial charge in [-0.05, 0) is 38.5 Å². The fourth-order valence-electron chi connectivity index (χ4n) is 4.39. The largest absolute Gasteiger partial charge is 0.338 e. The smallest absolute Gasteiger partial charge is 0.227 e. The van der Waals surface area contributed by atoms with Crippen LogP contribution in [0.5, 0.6) is 0 Å². The lowest BCUT2D eigenvalue weighted by atomic mass is 9.83. The third kappa shape index (κ3) is 2.80. The highest BCUT2D eigenvalue weighted by atomic mass is 16.2. The summed E-state index contributed by atoms with van der Waals surface area (Å²) >= 11 is 0. The molecule has 2 bridgehead atoms. The van der Waals surface area contributed by atoms with E-state index in [4.69, 9.17) is 0 Å². The molecule has 1 aromatic heterocycles. The molecule has 0 N–H and O–H groups in total. The van der Waals surface area contributed by atoms with E-state index in [-0.39, 0.29) is 5.92 Å². The van der Waals surface area contributed by atoms with Crippen molar-refractivity contribution in [1.82, 2.24) is 19.6 Å². The number of nitrogens with zero attached hydrogens (tertiary/aromatic N) is 4. The highest BCUT2D eigenvalue weighted by molar-refractivity contribution is 5.80. The lowest BCUT2D eigenvalue weighted by Gasteiger charge is -2.40. The van der Waals surface area contributed by atoms with Gasteiger partial charge in [0.1, 0.15) is 0 Å². The summed E-state index contributed by atoms with van der Waals surface area (Å²) in [7, 11) is 1.99. The molecule has 1 amide bonds. The molecule has 3 aliphatic heterocycles. The number of aryl methyl sites for hydroxylation is 1. The van der Waals surface area contributed by atoms with Gasteiger partial charge in [0.2, 0.25) is 5.91 Å². The number of carbonyl (C=O) groups excluding carboxylic acids is 1. The first-order valence-corrected chi connectivity index (χ1v) is 9.12. The van der Waals surface area contributed by atoms with Crippen molar-refractivity contribution in [2.75, 3.05) is 19.6 Å². The first kappa shape index (κ1) is 15.2. The van der Waals surface area contributed by atoms with Crippen molar-refractivity contribution < 1.29 is 4.79 Å². The number of aromatic nitrogens is 2. The van der Waals surface area contributed by atoms with Crippen LogP contribution in [0.4, 0.5) is 0 Å². The van der Waals surface area contributed by atoms with Gasteiger partial charge in [-0.1, -0.05) is 6.42 Å². The normalized spacial score (nSPS) is 29.0. The van der Waals surface area contributed by atoms with Crippen LogP contribution in [0.25, 0.3) is 0 Å². The SMILES string of the molecule is Cc1c(CN2C[C@@H]3CC[C@H](C2)N(CC2CCC2)C3=O)cnn1C. The fraction of sp³-hybridized carbons (Fsp3) is 0.778. The third-order valence-electron chi connectivity index (χ3n) is 6.28. The summed E-state index contributed by atoms with van der Waals surface area (Å²) in [6.45, 7) is 6.02. The van der Waals surface area contributed by atoms with Gasteiger partial charge in [-0.3, -0.25) is 14.4 Å². The van der Waals surface area contributed by atoms with Gasteiger partial charge in [0.05, 0.1) is 12.1 Å². The summed E-state index contributed by atoms with van der Waals surface area (Å²) in [6, 6.07) is 0.429. The lowest BCUT2D eigenvalue weighted by Crippen LogP contribution is -2.50. The van der Waals surface area contributed by atoms with E-state index in [1.54, 1.807) is 0 Å². The molecule has 2 atom stereocenters. The molecule has 4 fully saturated rings. The summed E-state index contributed by atoms with van der Waals surface area (Å²) in [5, 5.41) is 4.36. The summed E-state index contributed by atoms with van der Waals surface area (Å²) in [5.74, 6) is 1.41. The Hall–Kier alpha value is -1.36. The molecule has 1 aromatic rings. The molecule has 126 valence electrons. The minimum absolute atomic E-state index is 0.214. The zero-order chi connectivity index (χ0) is 16.0. The van der Waals surface area contributed by atoms with Gasteiger partial charge in [0.15, 0.2) is 0 Å². The molecule has 0 aromatic carbocycles. The second-order valence-corrected chi connectivity index (χ2v) is 7.79. The molecule has 4 heterocycles. The predicted molar refractivity (Wildman–Crippen MR) is 88.8 cm³/mol. The van der Waals surface area contributed by atoms with E-state index in [9.17, 15) is 4.79 Å². The Kier molecular flexibility index (Phi) is 3.92. The minimum atomic E-state index is 0.214. The monoisotopic (exact) mass is 316 g/mol. The Labute approximate surface area is 138 Å². The minimum Gasteiger partial charge on any atom is -0.338 e. The van der Waals surface area contributed by atoms with Crippen LogP contribution in [0.3, 0.4) is 0 Å². The molecular formula is C18H28N4O. The van der Waals surface area contributed by atoms with Crippen molar-refractivity contribution in [3.63, 3.8) is 0 Å². The highest BCUT2D eigenvalue weighted by Crippen LogP contribution is 2.34. The average molecular weight is 316 g/mol. The van der Waals surface area contributed by atoms with E-state index in [0.29, 0.717) is 11.9 Å². The van der Waals surface area contributed by atoms with Gasteiger partial charge < -0.3 is 4.90 Å². The van der Waals surface area contributed by atoms with Crippen LogP contribution in [-0.2, 0) is 18.4 Å². The zero-order valence-corrected chi connectivity index (χ0v) is 14.4. The van der Waals surface area contributed by atoms with Crippen molar-refractivity contribution in [2.45, 2.75) is 51.6 Å². The van der Waals surface area contributed by atoms with E-state index in [0.717, 1.165) is 38.5 Å². The molecule has 3 saturated heterocycles. The molecule has 0 spiro atoms. The van der Waals surface area contributed by atoms with E-state index in [1.807, 2.05) is 17.9 Å². The Morgan fingerprint density at radius 3 is 2.70 bits per heavy atom. The van der Waals surface area contributed by atoms with E-state index >= 15 is 0 Å². The van der Waals surface area contributed by atoms with Crippen molar-refractivity contribution in [3.05, 3.63) is 17.5 Å². The maximum absolute atomic E-state index is 12.8. The van der Waals surface area contributed by atoms with Crippen LogP contribution in [-0.4, -0.2) is 51.2 Å². The molecule has 1 aliphatic carbocycles. The third-order valence-corrected chi connectivity index (χ3v) is 6.28. The molecule has 5 heteroatoms. The Morgan fingerprint density at radius 1 is 1.22 bits per heavy atom. The van der Waals surface area contributed by atoms with Gasteiger partial charge >= 0.3 is 0 Å². The van der Waals surface area contributed by atoms with Gasteiger partial charge in [-0.15, -0.1) is 0 Å². The molecule has 0 radical (unpaired) electrons. The Morgan fingerprint density at radius 2 is 2.04 bits per heavy atom. The van der Waals surface area contributed by atoms with Gasteiger partial charge in [0.25, 0.3) is 0 Å². The molecule has 5 rings (SSSR count). The number of hydrogen-bond donors (Lipinski definition) is 0. The molecule has 4 aliphatic rings. The molecule has 23 heavy (non-hydrogen) atoms. The number of carbonyl (C=O) groups is 1. The second kappa shape index (κ2) is 5.93. The fourth-order valence-corrected chi connectivity index (χ4v) is 4.39.